The second-order valence-corrected chi connectivity index (χ2v) is 10.3. The number of rotatable bonds is 9. The van der Waals surface area contributed by atoms with Crippen molar-refractivity contribution in [3.63, 3.8) is 0 Å². The number of aryl methyl sites for hydroxylation is 1. The summed E-state index contributed by atoms with van der Waals surface area (Å²) in [7, 11) is 0. The highest BCUT2D eigenvalue weighted by Gasteiger charge is 2.53. The van der Waals surface area contributed by atoms with Crippen molar-refractivity contribution in [2.24, 2.45) is 11.5 Å². The lowest BCUT2D eigenvalue weighted by atomic mass is 9.85. The van der Waals surface area contributed by atoms with Gasteiger partial charge in [0.25, 0.3) is 0 Å². The Balaban J connectivity index is 1.97. The van der Waals surface area contributed by atoms with E-state index in [0.29, 0.717) is 32.2 Å². The van der Waals surface area contributed by atoms with Gasteiger partial charge in [-0.05, 0) is 52.0 Å². The summed E-state index contributed by atoms with van der Waals surface area (Å²) in [4.78, 5) is 55.6. The summed E-state index contributed by atoms with van der Waals surface area (Å²) < 4.78 is 0. The Morgan fingerprint density at radius 3 is 2.30 bits per heavy atom. The number of nitrogens with zero attached hydrogens (tertiary/aromatic N) is 2. The number of carbonyl (C=O) groups is 4. The summed E-state index contributed by atoms with van der Waals surface area (Å²) in [5.41, 5.74) is 11.8. The molecule has 204 valence electrons. The molecule has 3 rings (SSSR count). The first-order valence-corrected chi connectivity index (χ1v) is 12.8. The van der Waals surface area contributed by atoms with Crippen LogP contribution in [0.15, 0.2) is 24.3 Å². The van der Waals surface area contributed by atoms with Crippen LogP contribution in [0.5, 0.6) is 0 Å². The first kappa shape index (κ1) is 28.5. The van der Waals surface area contributed by atoms with E-state index < -0.39 is 53.6 Å². The Bertz CT molecular complexity index is 1010. The van der Waals surface area contributed by atoms with Crippen LogP contribution < -0.4 is 16.8 Å². The number of primary amides is 1. The van der Waals surface area contributed by atoms with Crippen LogP contribution in [0.3, 0.4) is 0 Å². The number of hydrogen-bond donors (Lipinski definition) is 5. The maximum atomic E-state index is 14.0. The molecule has 0 aromatic heterocycles. The Hall–Kier alpha value is -3.02. The molecule has 2 fully saturated rings. The van der Waals surface area contributed by atoms with Crippen molar-refractivity contribution in [3.8, 4) is 0 Å². The van der Waals surface area contributed by atoms with Crippen LogP contribution in [0.25, 0.3) is 0 Å². The summed E-state index contributed by atoms with van der Waals surface area (Å²) >= 11 is 0. The zero-order valence-corrected chi connectivity index (χ0v) is 21.7. The Morgan fingerprint density at radius 2 is 1.73 bits per heavy atom. The number of aliphatic hydroxyl groups excluding tert-OH is 2. The molecule has 0 saturated carbocycles. The molecule has 2 heterocycles. The summed E-state index contributed by atoms with van der Waals surface area (Å²) in [5.74, 6) is -2.36. The van der Waals surface area contributed by atoms with Crippen molar-refractivity contribution in [1.29, 1.82) is 0 Å². The number of benzene rings is 1. The molecule has 2 saturated heterocycles. The van der Waals surface area contributed by atoms with E-state index in [-0.39, 0.29) is 18.9 Å². The maximum absolute atomic E-state index is 14.0. The predicted molar refractivity (Wildman–Crippen MR) is 136 cm³/mol. The molecule has 6 atom stereocenters. The molecule has 0 spiro atoms. The first-order valence-electron chi connectivity index (χ1n) is 12.8. The molecule has 11 nitrogen and oxygen atoms in total. The van der Waals surface area contributed by atoms with Crippen molar-refractivity contribution < 1.29 is 29.4 Å². The van der Waals surface area contributed by atoms with Gasteiger partial charge in [-0.15, -0.1) is 0 Å². The second-order valence-electron chi connectivity index (χ2n) is 10.3. The molecule has 1 aromatic carbocycles. The van der Waals surface area contributed by atoms with Gasteiger partial charge in [0.15, 0.2) is 0 Å². The van der Waals surface area contributed by atoms with Gasteiger partial charge in [-0.1, -0.05) is 29.8 Å². The number of carbonyl (C=O) groups excluding carboxylic acids is 4. The Kier molecular flexibility index (Phi) is 8.93. The van der Waals surface area contributed by atoms with Gasteiger partial charge in [0.05, 0.1) is 12.2 Å². The average molecular weight is 518 g/mol. The minimum Gasteiger partial charge on any atom is -0.391 e. The van der Waals surface area contributed by atoms with E-state index in [1.54, 1.807) is 0 Å². The Morgan fingerprint density at radius 1 is 1.08 bits per heavy atom. The van der Waals surface area contributed by atoms with Gasteiger partial charge >= 0.3 is 0 Å². The van der Waals surface area contributed by atoms with Gasteiger partial charge in [0, 0.05) is 19.5 Å². The van der Waals surface area contributed by atoms with Crippen LogP contribution in [-0.2, 0) is 25.6 Å². The number of likely N-dealkylation sites (tertiary alicyclic amines) is 2. The molecule has 37 heavy (non-hydrogen) atoms. The summed E-state index contributed by atoms with van der Waals surface area (Å²) in [6.07, 6.45) is -0.253. The van der Waals surface area contributed by atoms with E-state index in [2.05, 4.69) is 5.32 Å². The standard InChI is InChI=1S/C26H39N5O6/c1-15-7-9-18(10-8-15)14-26(25(37)29-21(17(3)33)22(28)34)11-5-13-31(26)23(35)19-6-4-12-30(19)24(36)20(27)16(2)32/h7-10,16-17,19-21,32-33H,4-6,11-14,27H2,1-3H3,(H2,28,34)(H,29,37)/t16-,17-,19+,20+,21+,26-/m1/s1. The van der Waals surface area contributed by atoms with Crippen molar-refractivity contribution in [2.75, 3.05) is 13.1 Å². The van der Waals surface area contributed by atoms with Gasteiger partial charge in [0.2, 0.25) is 23.6 Å². The molecule has 0 radical (unpaired) electrons. The molecule has 4 amide bonds. The highest BCUT2D eigenvalue weighted by molar-refractivity contribution is 5.98. The third-order valence-corrected chi connectivity index (χ3v) is 7.50. The largest absolute Gasteiger partial charge is 0.391 e. The number of nitrogens with two attached hydrogens (primary N) is 2. The van der Waals surface area contributed by atoms with Crippen LogP contribution in [0.4, 0.5) is 0 Å². The topological polar surface area (TPSA) is 179 Å². The average Bonchev–Trinajstić information content (AvgIpc) is 3.50. The molecule has 2 aliphatic rings. The van der Waals surface area contributed by atoms with Gasteiger partial charge in [-0.3, -0.25) is 19.2 Å². The fraction of sp³-hybridized carbons (Fsp3) is 0.615. The maximum Gasteiger partial charge on any atom is 0.247 e. The first-order chi connectivity index (χ1) is 17.4. The van der Waals surface area contributed by atoms with Crippen LogP contribution in [0.1, 0.15) is 50.7 Å². The lowest BCUT2D eigenvalue weighted by molar-refractivity contribution is -0.152. The molecular weight excluding hydrogens is 478 g/mol. The van der Waals surface area contributed by atoms with Gasteiger partial charge in [-0.25, -0.2) is 0 Å². The molecule has 7 N–H and O–H groups in total. The molecule has 0 aliphatic carbocycles. The molecule has 11 heteroatoms. The van der Waals surface area contributed by atoms with E-state index in [1.165, 1.54) is 23.6 Å². The van der Waals surface area contributed by atoms with Gasteiger partial charge in [0.1, 0.15) is 23.7 Å². The molecular formula is C26H39N5O6. The predicted octanol–water partition coefficient (Wildman–Crippen LogP) is -1.05. The molecule has 2 aliphatic heterocycles. The number of amides is 4. The van der Waals surface area contributed by atoms with Crippen molar-refractivity contribution in [2.45, 2.75) is 88.7 Å². The van der Waals surface area contributed by atoms with Crippen LogP contribution >= 0.6 is 0 Å². The van der Waals surface area contributed by atoms with E-state index in [4.69, 9.17) is 11.5 Å². The number of hydrogen-bond acceptors (Lipinski definition) is 7. The fourth-order valence-corrected chi connectivity index (χ4v) is 5.31. The second kappa shape index (κ2) is 11.6. The lowest BCUT2D eigenvalue weighted by Crippen LogP contribution is -2.65. The zero-order chi connectivity index (χ0) is 27.5. The fourth-order valence-electron chi connectivity index (χ4n) is 5.31. The third-order valence-electron chi connectivity index (χ3n) is 7.50. The number of aliphatic hydroxyl groups is 2. The van der Waals surface area contributed by atoms with Crippen LogP contribution in [0.2, 0.25) is 0 Å². The quantitative estimate of drug-likeness (QED) is 0.277. The van der Waals surface area contributed by atoms with Crippen LogP contribution in [0, 0.1) is 6.92 Å². The van der Waals surface area contributed by atoms with E-state index in [1.807, 2.05) is 31.2 Å². The minimum absolute atomic E-state index is 0.185. The highest BCUT2D eigenvalue weighted by Crippen LogP contribution is 2.36. The summed E-state index contributed by atoms with van der Waals surface area (Å²) in [5, 5.41) is 22.5. The van der Waals surface area contributed by atoms with Crippen molar-refractivity contribution >= 4 is 23.6 Å². The normalized spacial score (nSPS) is 24.9. The SMILES string of the molecule is Cc1ccc(C[C@@]2(C(=O)N[C@H](C(N)=O)[C@@H](C)O)CCCN2C(=O)[C@@H]2CCCN2C(=O)[C@@H](N)[C@@H](C)O)cc1. The van der Waals surface area contributed by atoms with Gasteiger partial charge < -0.3 is 36.8 Å². The molecule has 0 bridgehead atoms. The monoisotopic (exact) mass is 517 g/mol. The van der Waals surface area contributed by atoms with E-state index >= 15 is 0 Å². The van der Waals surface area contributed by atoms with E-state index in [9.17, 15) is 29.4 Å². The number of nitrogens with one attached hydrogen (secondary N) is 1. The van der Waals surface area contributed by atoms with E-state index in [0.717, 1.165) is 11.1 Å². The highest BCUT2D eigenvalue weighted by atomic mass is 16.3. The summed E-state index contributed by atoms with van der Waals surface area (Å²) in [6, 6.07) is 4.31. The van der Waals surface area contributed by atoms with Crippen LogP contribution in [-0.4, -0.2) is 92.6 Å². The molecule has 0 unspecified atom stereocenters. The summed E-state index contributed by atoms with van der Waals surface area (Å²) in [6.45, 7) is 5.33. The zero-order valence-electron chi connectivity index (χ0n) is 21.7. The smallest absolute Gasteiger partial charge is 0.247 e. The van der Waals surface area contributed by atoms with Gasteiger partial charge in [-0.2, -0.15) is 0 Å². The lowest BCUT2D eigenvalue weighted by Gasteiger charge is -2.41. The third kappa shape index (κ3) is 5.94. The van der Waals surface area contributed by atoms with Crippen molar-refractivity contribution in [1.82, 2.24) is 15.1 Å². The molecule has 1 aromatic rings. The Labute approximate surface area is 217 Å². The minimum atomic E-state index is -1.35. The van der Waals surface area contributed by atoms with Crippen molar-refractivity contribution in [3.05, 3.63) is 35.4 Å².